The molecule has 4 heteroatoms. The fraction of sp³-hybridized carbons (Fsp3) is 0.455. The van der Waals surface area contributed by atoms with Crippen molar-refractivity contribution in [1.29, 1.82) is 0 Å². The molecule has 1 aliphatic carbocycles. The molecule has 0 radical (unpaired) electrons. The monoisotopic (exact) mass is 205 g/mol. The molecule has 1 fully saturated rings. The van der Waals surface area contributed by atoms with Crippen LogP contribution in [0.15, 0.2) is 18.5 Å². The molecule has 1 heterocycles. The van der Waals surface area contributed by atoms with E-state index >= 15 is 0 Å². The maximum Gasteiger partial charge on any atom is 0.255 e. The highest BCUT2D eigenvalue weighted by Gasteiger charge is 2.24. The smallest absolute Gasteiger partial charge is 0.255 e. The van der Waals surface area contributed by atoms with Crippen LogP contribution in [-0.4, -0.2) is 23.5 Å². The number of amides is 1. The van der Waals surface area contributed by atoms with Gasteiger partial charge in [-0.1, -0.05) is 0 Å². The van der Waals surface area contributed by atoms with Crippen LogP contribution in [0.3, 0.4) is 0 Å². The van der Waals surface area contributed by atoms with Gasteiger partial charge < -0.3 is 10.6 Å². The fourth-order valence-corrected chi connectivity index (χ4v) is 1.41. The lowest BCUT2D eigenvalue weighted by Gasteiger charge is -2.09. The molecule has 2 rings (SSSR count). The van der Waals surface area contributed by atoms with E-state index in [2.05, 4.69) is 15.6 Å². The Morgan fingerprint density at radius 3 is 3.07 bits per heavy atom. The molecule has 0 aromatic carbocycles. The lowest BCUT2D eigenvalue weighted by atomic mass is 10.2. The first kappa shape index (κ1) is 9.96. The van der Waals surface area contributed by atoms with Gasteiger partial charge in [0.25, 0.3) is 5.91 Å². The summed E-state index contributed by atoms with van der Waals surface area (Å²) in [4.78, 5) is 15.8. The lowest BCUT2D eigenvalue weighted by molar-refractivity contribution is 0.0951. The number of pyridine rings is 1. The standard InChI is InChI=1S/C11H15N3O/c1-2-13-10-5-6-12-7-9(10)11(15)14-8-3-4-8/h5-8H,2-4H2,1H3,(H,12,13)(H,14,15). The second kappa shape index (κ2) is 4.29. The Kier molecular flexibility index (Phi) is 2.85. The number of aromatic nitrogens is 1. The van der Waals surface area contributed by atoms with Crippen LogP contribution >= 0.6 is 0 Å². The average molecular weight is 205 g/mol. The van der Waals surface area contributed by atoms with Gasteiger partial charge in [0, 0.05) is 25.0 Å². The maximum atomic E-state index is 11.8. The minimum atomic E-state index is -0.0263. The van der Waals surface area contributed by atoms with Crippen LogP contribution < -0.4 is 10.6 Å². The lowest BCUT2D eigenvalue weighted by Crippen LogP contribution is -2.26. The highest BCUT2D eigenvalue weighted by Crippen LogP contribution is 2.20. The van der Waals surface area contributed by atoms with E-state index in [4.69, 9.17) is 0 Å². The summed E-state index contributed by atoms with van der Waals surface area (Å²) in [7, 11) is 0. The summed E-state index contributed by atoms with van der Waals surface area (Å²) in [5.41, 5.74) is 1.48. The van der Waals surface area contributed by atoms with E-state index in [1.165, 1.54) is 0 Å². The first-order valence-electron chi connectivity index (χ1n) is 5.30. The summed E-state index contributed by atoms with van der Waals surface area (Å²) < 4.78 is 0. The van der Waals surface area contributed by atoms with Crippen molar-refractivity contribution in [3.05, 3.63) is 24.0 Å². The molecule has 1 saturated carbocycles. The van der Waals surface area contributed by atoms with Crippen molar-refractivity contribution in [2.75, 3.05) is 11.9 Å². The third kappa shape index (κ3) is 2.46. The molecule has 0 unspecified atom stereocenters. The third-order valence-electron chi connectivity index (χ3n) is 2.35. The zero-order valence-electron chi connectivity index (χ0n) is 8.79. The Morgan fingerprint density at radius 1 is 1.60 bits per heavy atom. The van der Waals surface area contributed by atoms with Gasteiger partial charge >= 0.3 is 0 Å². The van der Waals surface area contributed by atoms with E-state index in [0.717, 1.165) is 25.1 Å². The Hall–Kier alpha value is -1.58. The van der Waals surface area contributed by atoms with Crippen molar-refractivity contribution < 1.29 is 4.79 Å². The molecule has 1 aromatic heterocycles. The van der Waals surface area contributed by atoms with E-state index < -0.39 is 0 Å². The summed E-state index contributed by atoms with van der Waals surface area (Å²) in [5, 5.41) is 6.10. The molecule has 0 spiro atoms. The van der Waals surface area contributed by atoms with E-state index in [0.29, 0.717) is 11.6 Å². The first-order chi connectivity index (χ1) is 7.31. The van der Waals surface area contributed by atoms with Crippen molar-refractivity contribution in [3.8, 4) is 0 Å². The van der Waals surface area contributed by atoms with Crippen LogP contribution in [0.25, 0.3) is 0 Å². The van der Waals surface area contributed by atoms with Crippen LogP contribution in [0.4, 0.5) is 5.69 Å². The molecule has 2 N–H and O–H groups in total. The molecule has 1 amide bonds. The average Bonchev–Trinajstić information content (AvgIpc) is 3.03. The Bertz CT molecular complexity index is 361. The predicted molar refractivity (Wildman–Crippen MR) is 58.9 cm³/mol. The number of carbonyl (C=O) groups is 1. The second-order valence-corrected chi connectivity index (χ2v) is 3.70. The molecule has 0 aliphatic heterocycles. The van der Waals surface area contributed by atoms with Crippen molar-refractivity contribution in [1.82, 2.24) is 10.3 Å². The maximum absolute atomic E-state index is 11.8. The van der Waals surface area contributed by atoms with E-state index in [1.807, 2.05) is 13.0 Å². The summed E-state index contributed by atoms with van der Waals surface area (Å²) in [6.45, 7) is 2.80. The number of carbonyl (C=O) groups excluding carboxylic acids is 1. The Balaban J connectivity index is 2.13. The van der Waals surface area contributed by atoms with E-state index in [-0.39, 0.29) is 5.91 Å². The molecule has 1 aromatic rings. The van der Waals surface area contributed by atoms with Crippen molar-refractivity contribution in [3.63, 3.8) is 0 Å². The van der Waals surface area contributed by atoms with Gasteiger partial charge in [-0.15, -0.1) is 0 Å². The van der Waals surface area contributed by atoms with Gasteiger partial charge in [-0.3, -0.25) is 9.78 Å². The fourth-order valence-electron chi connectivity index (χ4n) is 1.41. The number of rotatable bonds is 4. The van der Waals surface area contributed by atoms with Crippen LogP contribution in [0, 0.1) is 0 Å². The molecular formula is C11H15N3O. The topological polar surface area (TPSA) is 54.0 Å². The number of anilines is 1. The van der Waals surface area contributed by atoms with Gasteiger partial charge in [-0.25, -0.2) is 0 Å². The van der Waals surface area contributed by atoms with Gasteiger partial charge in [0.15, 0.2) is 0 Å². The van der Waals surface area contributed by atoms with Gasteiger partial charge in [0.05, 0.1) is 11.3 Å². The predicted octanol–water partition coefficient (Wildman–Crippen LogP) is 1.41. The Morgan fingerprint density at radius 2 is 2.40 bits per heavy atom. The number of nitrogens with zero attached hydrogens (tertiary/aromatic N) is 1. The van der Waals surface area contributed by atoms with Crippen molar-refractivity contribution >= 4 is 11.6 Å². The summed E-state index contributed by atoms with van der Waals surface area (Å²) in [6.07, 6.45) is 5.49. The number of hydrogen-bond acceptors (Lipinski definition) is 3. The second-order valence-electron chi connectivity index (χ2n) is 3.70. The summed E-state index contributed by atoms with van der Waals surface area (Å²) >= 11 is 0. The van der Waals surface area contributed by atoms with Crippen molar-refractivity contribution in [2.24, 2.45) is 0 Å². The summed E-state index contributed by atoms with van der Waals surface area (Å²) in [5.74, 6) is -0.0263. The molecule has 15 heavy (non-hydrogen) atoms. The molecule has 1 aliphatic rings. The number of nitrogens with one attached hydrogen (secondary N) is 2. The van der Waals surface area contributed by atoms with Crippen LogP contribution in [0.2, 0.25) is 0 Å². The van der Waals surface area contributed by atoms with E-state index in [9.17, 15) is 4.79 Å². The highest BCUT2D eigenvalue weighted by molar-refractivity contribution is 5.99. The molecule has 4 nitrogen and oxygen atoms in total. The largest absolute Gasteiger partial charge is 0.385 e. The van der Waals surface area contributed by atoms with Crippen LogP contribution in [0.5, 0.6) is 0 Å². The van der Waals surface area contributed by atoms with Gasteiger partial charge in [-0.2, -0.15) is 0 Å². The SMILES string of the molecule is CCNc1ccncc1C(=O)NC1CC1. The van der Waals surface area contributed by atoms with Crippen LogP contribution in [-0.2, 0) is 0 Å². The number of hydrogen-bond donors (Lipinski definition) is 2. The third-order valence-corrected chi connectivity index (χ3v) is 2.35. The normalized spacial score (nSPS) is 14.7. The highest BCUT2D eigenvalue weighted by atomic mass is 16.1. The summed E-state index contributed by atoms with van der Waals surface area (Å²) in [6, 6.07) is 2.21. The molecule has 80 valence electrons. The zero-order chi connectivity index (χ0) is 10.7. The van der Waals surface area contributed by atoms with Gasteiger partial charge in [0.1, 0.15) is 0 Å². The van der Waals surface area contributed by atoms with Gasteiger partial charge in [0.2, 0.25) is 0 Å². The minimum absolute atomic E-state index is 0.0263. The van der Waals surface area contributed by atoms with Crippen molar-refractivity contribution in [2.45, 2.75) is 25.8 Å². The minimum Gasteiger partial charge on any atom is -0.385 e. The quantitative estimate of drug-likeness (QED) is 0.781. The zero-order valence-corrected chi connectivity index (χ0v) is 8.79. The first-order valence-corrected chi connectivity index (χ1v) is 5.30. The van der Waals surface area contributed by atoms with E-state index in [1.54, 1.807) is 12.4 Å². The molecule has 0 saturated heterocycles. The molecule has 0 bridgehead atoms. The Labute approximate surface area is 89.1 Å². The van der Waals surface area contributed by atoms with Crippen LogP contribution in [0.1, 0.15) is 30.1 Å². The van der Waals surface area contributed by atoms with Gasteiger partial charge in [-0.05, 0) is 25.8 Å². The molecule has 0 atom stereocenters. The molecular weight excluding hydrogens is 190 g/mol.